The molecule has 0 fully saturated rings. The van der Waals surface area contributed by atoms with Crippen molar-refractivity contribution in [3.63, 3.8) is 0 Å². The van der Waals surface area contributed by atoms with Gasteiger partial charge in [0.1, 0.15) is 11.6 Å². The van der Waals surface area contributed by atoms with E-state index in [2.05, 4.69) is 5.32 Å². The van der Waals surface area contributed by atoms with Crippen LogP contribution in [0.3, 0.4) is 0 Å². The maximum atomic E-state index is 13.3. The Morgan fingerprint density at radius 1 is 1.09 bits per heavy atom. The highest BCUT2D eigenvalue weighted by Gasteiger charge is 2.37. The number of amides is 1. The van der Waals surface area contributed by atoms with E-state index in [1.807, 2.05) is 0 Å². The number of sulfonamides is 1. The molecule has 1 amide bonds. The molecule has 0 unspecified atom stereocenters. The van der Waals surface area contributed by atoms with Crippen molar-refractivity contribution < 1.29 is 22.3 Å². The Morgan fingerprint density at radius 2 is 1.81 bits per heavy atom. The number of benzene rings is 3. The van der Waals surface area contributed by atoms with Gasteiger partial charge in [-0.1, -0.05) is 41.9 Å². The van der Waals surface area contributed by atoms with Crippen molar-refractivity contribution in [2.45, 2.75) is 17.4 Å². The molecule has 3 aromatic rings. The number of carbonyl (C=O) groups is 1. The van der Waals surface area contributed by atoms with Gasteiger partial charge in [0.25, 0.3) is 15.9 Å². The number of hydrogen-bond donors (Lipinski definition) is 1. The minimum Gasteiger partial charge on any atom is -0.476 e. The average molecular weight is 475 g/mol. The summed E-state index contributed by atoms with van der Waals surface area (Å²) in [4.78, 5) is 12.9. The van der Waals surface area contributed by atoms with Gasteiger partial charge in [0.05, 0.1) is 17.1 Å². The first-order valence-electron chi connectivity index (χ1n) is 9.91. The van der Waals surface area contributed by atoms with Gasteiger partial charge in [-0.05, 0) is 54.4 Å². The van der Waals surface area contributed by atoms with Gasteiger partial charge in [-0.25, -0.2) is 12.8 Å². The van der Waals surface area contributed by atoms with E-state index in [1.165, 1.54) is 30.3 Å². The summed E-state index contributed by atoms with van der Waals surface area (Å²) in [7, 11) is -3.95. The molecule has 6 nitrogen and oxygen atoms in total. The van der Waals surface area contributed by atoms with Crippen LogP contribution in [-0.4, -0.2) is 33.5 Å². The zero-order valence-corrected chi connectivity index (χ0v) is 18.4. The summed E-state index contributed by atoms with van der Waals surface area (Å²) in [6.07, 6.45) is -0.549. The number of halogens is 2. The van der Waals surface area contributed by atoms with Gasteiger partial charge in [0, 0.05) is 11.6 Å². The molecular weight excluding hydrogens is 455 g/mol. The van der Waals surface area contributed by atoms with E-state index in [9.17, 15) is 17.6 Å². The first-order valence-corrected chi connectivity index (χ1v) is 11.7. The van der Waals surface area contributed by atoms with Crippen molar-refractivity contribution in [2.75, 3.05) is 17.4 Å². The first-order chi connectivity index (χ1) is 15.3. The van der Waals surface area contributed by atoms with Gasteiger partial charge < -0.3 is 10.1 Å². The molecule has 32 heavy (non-hydrogen) atoms. The number of anilines is 1. The topological polar surface area (TPSA) is 75.7 Å². The Bertz CT molecular complexity index is 1220. The Morgan fingerprint density at radius 3 is 2.53 bits per heavy atom. The van der Waals surface area contributed by atoms with Crippen LogP contribution in [0.4, 0.5) is 10.1 Å². The summed E-state index contributed by atoms with van der Waals surface area (Å²) in [5.41, 5.74) is 1.14. The second-order valence-corrected chi connectivity index (χ2v) is 9.53. The molecule has 0 aliphatic carbocycles. The second kappa shape index (κ2) is 9.18. The summed E-state index contributed by atoms with van der Waals surface area (Å²) in [5.74, 6) is -0.522. The third-order valence-corrected chi connectivity index (χ3v) is 7.07. The number of nitrogens with zero attached hydrogens (tertiary/aromatic N) is 1. The van der Waals surface area contributed by atoms with Gasteiger partial charge in [-0.3, -0.25) is 9.10 Å². The molecule has 3 aromatic carbocycles. The van der Waals surface area contributed by atoms with E-state index in [0.29, 0.717) is 18.0 Å². The molecule has 0 saturated heterocycles. The molecule has 1 aliphatic heterocycles. The second-order valence-electron chi connectivity index (χ2n) is 7.24. The van der Waals surface area contributed by atoms with E-state index in [-0.39, 0.29) is 28.7 Å². The van der Waals surface area contributed by atoms with E-state index in [0.717, 1.165) is 9.87 Å². The molecule has 0 aromatic heterocycles. The Kier molecular flexibility index (Phi) is 6.34. The summed E-state index contributed by atoms with van der Waals surface area (Å²) in [6, 6.07) is 18.6. The van der Waals surface area contributed by atoms with Crippen molar-refractivity contribution in [2.24, 2.45) is 0 Å². The largest absolute Gasteiger partial charge is 0.476 e. The van der Waals surface area contributed by atoms with Crippen LogP contribution in [0.1, 0.15) is 5.56 Å². The fourth-order valence-electron chi connectivity index (χ4n) is 3.40. The molecule has 1 atom stereocenters. The van der Waals surface area contributed by atoms with Gasteiger partial charge in [-0.2, -0.15) is 0 Å². The molecule has 1 heterocycles. The van der Waals surface area contributed by atoms with E-state index in [4.69, 9.17) is 16.3 Å². The Hall–Kier alpha value is -3.10. The van der Waals surface area contributed by atoms with E-state index < -0.39 is 22.0 Å². The minimum atomic E-state index is -3.95. The lowest BCUT2D eigenvalue weighted by atomic mass is 10.1. The smallest absolute Gasteiger partial charge is 0.264 e. The van der Waals surface area contributed by atoms with E-state index >= 15 is 0 Å². The summed E-state index contributed by atoms with van der Waals surface area (Å²) in [6.45, 7) is 0.0934. The number of rotatable bonds is 6. The van der Waals surface area contributed by atoms with E-state index in [1.54, 1.807) is 42.5 Å². The molecule has 0 saturated carbocycles. The number of carbonyl (C=O) groups excluding carboxylic acids is 1. The zero-order valence-electron chi connectivity index (χ0n) is 16.9. The zero-order chi connectivity index (χ0) is 22.7. The molecule has 166 valence electrons. The third kappa shape index (κ3) is 4.71. The van der Waals surface area contributed by atoms with Crippen molar-refractivity contribution >= 4 is 33.2 Å². The van der Waals surface area contributed by atoms with Crippen molar-refractivity contribution in [1.29, 1.82) is 0 Å². The minimum absolute atomic E-state index is 0.100. The quantitative estimate of drug-likeness (QED) is 0.589. The standard InChI is InChI=1S/C23H20ClFN2O4S/c24-17-8-11-21-20(14-17)27(32(29,30)19-4-2-1-3-5-19)15-22(31-21)23(28)26-13-12-16-6-9-18(25)10-7-16/h1-11,14,22H,12-13,15H2,(H,26,28)/t22-/m0/s1. The monoisotopic (exact) mass is 474 g/mol. The summed E-state index contributed by atoms with van der Waals surface area (Å²) >= 11 is 6.09. The predicted molar refractivity (Wildman–Crippen MR) is 120 cm³/mol. The van der Waals surface area contributed by atoms with Crippen LogP contribution in [0.2, 0.25) is 5.02 Å². The van der Waals surface area contributed by atoms with Gasteiger partial charge in [0.2, 0.25) is 0 Å². The lowest BCUT2D eigenvalue weighted by Crippen LogP contribution is -2.51. The van der Waals surface area contributed by atoms with Gasteiger partial charge in [-0.15, -0.1) is 0 Å². The number of ether oxygens (including phenoxy) is 1. The summed E-state index contributed by atoms with van der Waals surface area (Å²) < 4.78 is 46.6. The fraction of sp³-hybridized carbons (Fsp3) is 0.174. The highest BCUT2D eigenvalue weighted by atomic mass is 35.5. The van der Waals surface area contributed by atoms with Crippen LogP contribution in [0, 0.1) is 5.82 Å². The predicted octanol–water partition coefficient (Wildman–Crippen LogP) is 3.79. The highest BCUT2D eigenvalue weighted by molar-refractivity contribution is 7.92. The fourth-order valence-corrected chi connectivity index (χ4v) is 5.06. The SMILES string of the molecule is O=C(NCCc1ccc(F)cc1)[C@@H]1CN(S(=O)(=O)c2ccccc2)c2cc(Cl)ccc2O1. The number of fused-ring (bicyclic) bond motifs is 1. The van der Waals surface area contributed by atoms with Crippen LogP contribution in [-0.2, 0) is 21.2 Å². The molecule has 0 radical (unpaired) electrons. The van der Waals surface area contributed by atoms with Gasteiger partial charge in [0.15, 0.2) is 6.10 Å². The lowest BCUT2D eigenvalue weighted by Gasteiger charge is -2.34. The van der Waals surface area contributed by atoms with Crippen molar-refractivity contribution in [3.05, 3.63) is 89.2 Å². The highest BCUT2D eigenvalue weighted by Crippen LogP contribution is 2.38. The van der Waals surface area contributed by atoms with Crippen LogP contribution in [0.15, 0.2) is 77.7 Å². The Labute approximate surface area is 190 Å². The van der Waals surface area contributed by atoms with Crippen LogP contribution >= 0.6 is 11.6 Å². The number of nitrogens with one attached hydrogen (secondary N) is 1. The van der Waals surface area contributed by atoms with Crippen molar-refractivity contribution in [1.82, 2.24) is 5.32 Å². The third-order valence-electron chi connectivity index (χ3n) is 5.04. The first kappa shape index (κ1) is 22.1. The van der Waals surface area contributed by atoms with Crippen LogP contribution in [0.5, 0.6) is 5.75 Å². The molecule has 0 spiro atoms. The van der Waals surface area contributed by atoms with Crippen LogP contribution < -0.4 is 14.4 Å². The maximum Gasteiger partial charge on any atom is 0.264 e. The molecule has 0 bridgehead atoms. The van der Waals surface area contributed by atoms with Crippen LogP contribution in [0.25, 0.3) is 0 Å². The normalized spacial score (nSPS) is 15.6. The van der Waals surface area contributed by atoms with Crippen molar-refractivity contribution in [3.8, 4) is 5.75 Å². The number of hydrogen-bond acceptors (Lipinski definition) is 4. The lowest BCUT2D eigenvalue weighted by molar-refractivity contribution is -0.127. The molecule has 9 heteroatoms. The molecule has 1 N–H and O–H groups in total. The summed E-state index contributed by atoms with van der Waals surface area (Å²) in [5, 5.41) is 3.11. The Balaban J connectivity index is 1.54. The van der Waals surface area contributed by atoms with Gasteiger partial charge >= 0.3 is 0 Å². The molecule has 1 aliphatic rings. The molecule has 4 rings (SSSR count). The molecular formula is C23H20ClFN2O4S. The maximum absolute atomic E-state index is 13.3. The average Bonchev–Trinajstić information content (AvgIpc) is 2.80.